The second-order valence-electron chi connectivity index (χ2n) is 4.86. The Labute approximate surface area is 114 Å². The van der Waals surface area contributed by atoms with Gasteiger partial charge in [0.2, 0.25) is 10.0 Å². The van der Waals surface area contributed by atoms with E-state index >= 15 is 0 Å². The molecule has 6 heteroatoms. The SMILES string of the molecule is COc1cccc(S(=O)(=O)N[C@@H]2CCCC[C@H]2N)c1. The predicted molar refractivity (Wildman–Crippen MR) is 73.5 cm³/mol. The van der Waals surface area contributed by atoms with Crippen LogP contribution in [-0.4, -0.2) is 27.6 Å². The Morgan fingerprint density at radius 2 is 2.05 bits per heavy atom. The third-order valence-corrected chi connectivity index (χ3v) is 4.97. The third-order valence-electron chi connectivity index (χ3n) is 3.48. The van der Waals surface area contributed by atoms with Gasteiger partial charge in [-0.25, -0.2) is 13.1 Å². The molecule has 2 rings (SSSR count). The van der Waals surface area contributed by atoms with Crippen LogP contribution in [0.3, 0.4) is 0 Å². The lowest BCUT2D eigenvalue weighted by Gasteiger charge is -2.29. The molecule has 1 saturated carbocycles. The summed E-state index contributed by atoms with van der Waals surface area (Å²) in [4.78, 5) is 0.213. The summed E-state index contributed by atoms with van der Waals surface area (Å²) in [6.07, 6.45) is 3.74. The van der Waals surface area contributed by atoms with Crippen molar-refractivity contribution in [3.63, 3.8) is 0 Å². The first-order chi connectivity index (χ1) is 9.03. The molecule has 0 aliphatic heterocycles. The van der Waals surface area contributed by atoms with Gasteiger partial charge in [-0.05, 0) is 25.0 Å². The first-order valence-electron chi connectivity index (χ1n) is 6.45. The highest BCUT2D eigenvalue weighted by molar-refractivity contribution is 7.89. The minimum absolute atomic E-state index is 0.103. The number of benzene rings is 1. The fourth-order valence-corrected chi connectivity index (χ4v) is 3.70. The molecule has 1 fully saturated rings. The fraction of sp³-hybridized carbons (Fsp3) is 0.538. The van der Waals surface area contributed by atoms with Crippen molar-refractivity contribution >= 4 is 10.0 Å². The van der Waals surface area contributed by atoms with Gasteiger partial charge in [-0.15, -0.1) is 0 Å². The molecule has 0 aromatic heterocycles. The van der Waals surface area contributed by atoms with Crippen LogP contribution in [0.4, 0.5) is 0 Å². The Balaban J connectivity index is 2.17. The molecule has 19 heavy (non-hydrogen) atoms. The van der Waals surface area contributed by atoms with Crippen LogP contribution >= 0.6 is 0 Å². The van der Waals surface area contributed by atoms with Crippen molar-refractivity contribution in [3.8, 4) is 5.75 Å². The van der Waals surface area contributed by atoms with Crippen LogP contribution in [0.1, 0.15) is 25.7 Å². The molecule has 3 N–H and O–H groups in total. The maximum absolute atomic E-state index is 12.3. The number of hydrogen-bond donors (Lipinski definition) is 2. The molecule has 0 spiro atoms. The number of nitrogens with two attached hydrogens (primary N) is 1. The van der Waals surface area contributed by atoms with Gasteiger partial charge >= 0.3 is 0 Å². The van der Waals surface area contributed by atoms with Crippen LogP contribution in [0, 0.1) is 0 Å². The lowest BCUT2D eigenvalue weighted by molar-refractivity contribution is 0.361. The largest absolute Gasteiger partial charge is 0.497 e. The van der Waals surface area contributed by atoms with Gasteiger partial charge in [-0.3, -0.25) is 0 Å². The Hall–Kier alpha value is -1.11. The molecule has 0 unspecified atom stereocenters. The van der Waals surface area contributed by atoms with E-state index in [0.717, 1.165) is 25.7 Å². The molecule has 1 aliphatic carbocycles. The van der Waals surface area contributed by atoms with Gasteiger partial charge in [0.05, 0.1) is 12.0 Å². The average molecular weight is 284 g/mol. The van der Waals surface area contributed by atoms with Crippen molar-refractivity contribution in [1.29, 1.82) is 0 Å². The quantitative estimate of drug-likeness (QED) is 0.871. The summed E-state index contributed by atoms with van der Waals surface area (Å²) < 4.78 is 32.3. The highest BCUT2D eigenvalue weighted by atomic mass is 32.2. The van der Waals surface area contributed by atoms with Gasteiger partial charge in [0.25, 0.3) is 0 Å². The van der Waals surface area contributed by atoms with E-state index in [1.54, 1.807) is 18.2 Å². The zero-order valence-corrected chi connectivity index (χ0v) is 11.8. The number of hydrogen-bond acceptors (Lipinski definition) is 4. The number of methoxy groups -OCH3 is 1. The van der Waals surface area contributed by atoms with Gasteiger partial charge in [0.15, 0.2) is 0 Å². The first-order valence-corrected chi connectivity index (χ1v) is 7.93. The van der Waals surface area contributed by atoms with E-state index in [2.05, 4.69) is 4.72 Å². The summed E-state index contributed by atoms with van der Waals surface area (Å²) in [5.41, 5.74) is 5.97. The molecule has 106 valence electrons. The van der Waals surface area contributed by atoms with Crippen molar-refractivity contribution in [2.24, 2.45) is 5.73 Å². The van der Waals surface area contributed by atoms with Crippen LogP contribution in [0.2, 0.25) is 0 Å². The van der Waals surface area contributed by atoms with Crippen molar-refractivity contribution < 1.29 is 13.2 Å². The Morgan fingerprint density at radius 3 is 2.74 bits per heavy atom. The van der Waals surface area contributed by atoms with Crippen LogP contribution < -0.4 is 15.2 Å². The molecule has 0 amide bonds. The molecule has 0 radical (unpaired) electrons. The second-order valence-corrected chi connectivity index (χ2v) is 6.57. The van der Waals surface area contributed by atoms with E-state index < -0.39 is 10.0 Å². The number of rotatable bonds is 4. The Kier molecular flexibility index (Phi) is 4.44. The van der Waals surface area contributed by atoms with Crippen molar-refractivity contribution in [2.45, 2.75) is 42.7 Å². The lowest BCUT2D eigenvalue weighted by atomic mass is 9.92. The maximum Gasteiger partial charge on any atom is 0.241 e. The van der Waals surface area contributed by atoms with E-state index in [1.165, 1.54) is 13.2 Å². The van der Waals surface area contributed by atoms with E-state index in [0.29, 0.717) is 5.75 Å². The van der Waals surface area contributed by atoms with E-state index in [9.17, 15) is 8.42 Å². The number of sulfonamides is 1. The molecule has 0 bridgehead atoms. The number of nitrogens with one attached hydrogen (secondary N) is 1. The minimum atomic E-state index is -3.54. The summed E-state index contributed by atoms with van der Waals surface area (Å²) in [5, 5.41) is 0. The van der Waals surface area contributed by atoms with Crippen molar-refractivity contribution in [3.05, 3.63) is 24.3 Å². The summed E-state index contributed by atoms with van der Waals surface area (Å²) in [6, 6.07) is 6.16. The summed E-state index contributed by atoms with van der Waals surface area (Å²) in [6.45, 7) is 0. The standard InChI is InChI=1S/C13H20N2O3S/c1-18-10-5-4-6-11(9-10)19(16,17)15-13-8-3-2-7-12(13)14/h4-6,9,12-13,15H,2-3,7-8,14H2,1H3/t12-,13-/m1/s1. The van der Waals surface area contributed by atoms with Crippen LogP contribution in [0.5, 0.6) is 5.75 Å². The smallest absolute Gasteiger partial charge is 0.241 e. The summed E-state index contributed by atoms with van der Waals surface area (Å²) >= 11 is 0. The molecule has 1 aromatic rings. The highest BCUT2D eigenvalue weighted by Crippen LogP contribution is 2.21. The van der Waals surface area contributed by atoms with Gasteiger partial charge in [-0.2, -0.15) is 0 Å². The molecule has 2 atom stereocenters. The van der Waals surface area contributed by atoms with E-state index in [1.807, 2.05) is 0 Å². The lowest BCUT2D eigenvalue weighted by Crippen LogP contribution is -2.49. The van der Waals surface area contributed by atoms with Gasteiger partial charge in [0, 0.05) is 18.2 Å². The molecule has 1 aromatic carbocycles. The molecule has 0 heterocycles. The zero-order chi connectivity index (χ0) is 13.9. The second kappa shape index (κ2) is 5.90. The van der Waals surface area contributed by atoms with Gasteiger partial charge in [0.1, 0.15) is 5.75 Å². The topological polar surface area (TPSA) is 81.4 Å². The highest BCUT2D eigenvalue weighted by Gasteiger charge is 2.27. The average Bonchev–Trinajstić information content (AvgIpc) is 2.41. The maximum atomic E-state index is 12.3. The molecule has 5 nitrogen and oxygen atoms in total. The van der Waals surface area contributed by atoms with Gasteiger partial charge in [-0.1, -0.05) is 18.9 Å². The van der Waals surface area contributed by atoms with Crippen LogP contribution in [-0.2, 0) is 10.0 Å². The van der Waals surface area contributed by atoms with Crippen molar-refractivity contribution in [1.82, 2.24) is 4.72 Å². The Bertz CT molecular complexity index is 530. The van der Waals surface area contributed by atoms with Crippen LogP contribution in [0.25, 0.3) is 0 Å². The van der Waals surface area contributed by atoms with Crippen molar-refractivity contribution in [2.75, 3.05) is 7.11 Å². The molecular formula is C13H20N2O3S. The fourth-order valence-electron chi connectivity index (χ4n) is 2.34. The zero-order valence-electron chi connectivity index (χ0n) is 11.0. The van der Waals surface area contributed by atoms with Gasteiger partial charge < -0.3 is 10.5 Å². The monoisotopic (exact) mass is 284 g/mol. The first kappa shape index (κ1) is 14.3. The van der Waals surface area contributed by atoms with E-state index in [-0.39, 0.29) is 17.0 Å². The van der Waals surface area contributed by atoms with E-state index in [4.69, 9.17) is 10.5 Å². The number of ether oxygens (including phenoxy) is 1. The molecular weight excluding hydrogens is 264 g/mol. The molecule has 1 aliphatic rings. The Morgan fingerprint density at radius 1 is 1.32 bits per heavy atom. The third kappa shape index (κ3) is 3.46. The summed E-state index contributed by atoms with van der Waals surface area (Å²) in [7, 11) is -2.03. The minimum Gasteiger partial charge on any atom is -0.497 e. The summed E-state index contributed by atoms with van der Waals surface area (Å²) in [5.74, 6) is 0.524. The normalized spacial score (nSPS) is 24.1. The predicted octanol–water partition coefficient (Wildman–Crippen LogP) is 1.24. The molecule has 0 saturated heterocycles. The van der Waals surface area contributed by atoms with Crippen LogP contribution in [0.15, 0.2) is 29.2 Å².